The Hall–Kier alpha value is -0.660. The van der Waals surface area contributed by atoms with Gasteiger partial charge in [0.2, 0.25) is 0 Å². The maximum atomic E-state index is 11.2. The summed E-state index contributed by atoms with van der Waals surface area (Å²) in [4.78, 5) is 22.4. The van der Waals surface area contributed by atoms with Gasteiger partial charge in [0.15, 0.2) is 0 Å². The summed E-state index contributed by atoms with van der Waals surface area (Å²) in [5.41, 5.74) is 0. The molecular formula is C18H32O2. The molecule has 116 valence electrons. The normalized spacial score (nSPS) is 31.8. The first kappa shape index (κ1) is 17.4. The summed E-state index contributed by atoms with van der Waals surface area (Å²) in [6, 6.07) is 0. The molecule has 1 fully saturated rings. The van der Waals surface area contributed by atoms with Crippen molar-refractivity contribution in [1.29, 1.82) is 0 Å². The predicted molar refractivity (Wildman–Crippen MR) is 83.7 cm³/mol. The molecule has 0 radical (unpaired) electrons. The van der Waals surface area contributed by atoms with Gasteiger partial charge in [0.05, 0.1) is 0 Å². The SMILES string of the molecule is CC1CC(C=O)CCCCCCCCCCC(C=O)C1. The van der Waals surface area contributed by atoms with E-state index >= 15 is 0 Å². The quantitative estimate of drug-likeness (QED) is 0.671. The van der Waals surface area contributed by atoms with Crippen LogP contribution < -0.4 is 0 Å². The Balaban J connectivity index is 2.47. The van der Waals surface area contributed by atoms with Gasteiger partial charge in [-0.1, -0.05) is 58.3 Å². The Labute approximate surface area is 124 Å². The molecule has 0 saturated heterocycles. The van der Waals surface area contributed by atoms with Crippen LogP contribution in [0.5, 0.6) is 0 Å². The Kier molecular flexibility index (Phi) is 9.61. The minimum atomic E-state index is 0.211. The molecule has 2 unspecified atom stereocenters. The van der Waals surface area contributed by atoms with Crippen LogP contribution in [0.3, 0.4) is 0 Å². The van der Waals surface area contributed by atoms with E-state index in [9.17, 15) is 9.59 Å². The van der Waals surface area contributed by atoms with Crippen molar-refractivity contribution in [2.75, 3.05) is 0 Å². The number of hydrogen-bond acceptors (Lipinski definition) is 2. The molecule has 1 rings (SSSR count). The summed E-state index contributed by atoms with van der Waals surface area (Å²) in [7, 11) is 0. The topological polar surface area (TPSA) is 34.1 Å². The maximum Gasteiger partial charge on any atom is 0.123 e. The molecule has 0 aromatic rings. The second-order valence-electron chi connectivity index (χ2n) is 6.77. The summed E-state index contributed by atoms with van der Waals surface area (Å²) >= 11 is 0. The monoisotopic (exact) mass is 280 g/mol. The van der Waals surface area contributed by atoms with E-state index in [1.165, 1.54) is 51.4 Å². The van der Waals surface area contributed by atoms with Gasteiger partial charge >= 0.3 is 0 Å². The van der Waals surface area contributed by atoms with Crippen molar-refractivity contribution in [3.63, 3.8) is 0 Å². The lowest BCUT2D eigenvalue weighted by molar-refractivity contribution is -0.112. The number of aldehydes is 2. The van der Waals surface area contributed by atoms with Gasteiger partial charge in [-0.2, -0.15) is 0 Å². The van der Waals surface area contributed by atoms with Gasteiger partial charge in [0.1, 0.15) is 12.6 Å². The van der Waals surface area contributed by atoms with Crippen molar-refractivity contribution in [1.82, 2.24) is 0 Å². The van der Waals surface area contributed by atoms with E-state index in [0.29, 0.717) is 5.92 Å². The van der Waals surface area contributed by atoms with E-state index < -0.39 is 0 Å². The molecule has 2 heteroatoms. The van der Waals surface area contributed by atoms with E-state index in [1.54, 1.807) is 0 Å². The molecule has 0 aromatic heterocycles. The molecular weight excluding hydrogens is 248 g/mol. The smallest absolute Gasteiger partial charge is 0.123 e. The van der Waals surface area contributed by atoms with Crippen molar-refractivity contribution < 1.29 is 9.59 Å². The number of rotatable bonds is 2. The lowest BCUT2D eigenvalue weighted by atomic mass is 9.85. The molecule has 0 amide bonds. The van der Waals surface area contributed by atoms with Crippen molar-refractivity contribution >= 4 is 12.6 Å². The Morgan fingerprint density at radius 3 is 1.35 bits per heavy atom. The lowest BCUT2D eigenvalue weighted by Crippen LogP contribution is -2.13. The summed E-state index contributed by atoms with van der Waals surface area (Å²) in [6.07, 6.45) is 16.5. The molecule has 2 atom stereocenters. The third-order valence-corrected chi connectivity index (χ3v) is 4.69. The third kappa shape index (κ3) is 7.81. The first-order valence-electron chi connectivity index (χ1n) is 8.66. The molecule has 2 nitrogen and oxygen atoms in total. The summed E-state index contributed by atoms with van der Waals surface area (Å²) in [5, 5.41) is 0. The molecule has 1 aliphatic carbocycles. The zero-order chi connectivity index (χ0) is 14.6. The van der Waals surface area contributed by atoms with E-state index in [2.05, 4.69) is 6.92 Å². The molecule has 0 N–H and O–H groups in total. The molecule has 0 bridgehead atoms. The average molecular weight is 280 g/mol. The largest absolute Gasteiger partial charge is 0.303 e. The fourth-order valence-electron chi connectivity index (χ4n) is 3.49. The van der Waals surface area contributed by atoms with E-state index in [0.717, 1.165) is 38.3 Å². The van der Waals surface area contributed by atoms with E-state index in [-0.39, 0.29) is 11.8 Å². The van der Waals surface area contributed by atoms with Gasteiger partial charge in [0.25, 0.3) is 0 Å². The van der Waals surface area contributed by atoms with Crippen LogP contribution in [0.15, 0.2) is 0 Å². The van der Waals surface area contributed by atoms with Crippen molar-refractivity contribution in [3.05, 3.63) is 0 Å². The van der Waals surface area contributed by atoms with Gasteiger partial charge < -0.3 is 9.59 Å². The molecule has 0 aromatic carbocycles. The van der Waals surface area contributed by atoms with Crippen LogP contribution in [0, 0.1) is 17.8 Å². The summed E-state index contributed by atoms with van der Waals surface area (Å²) in [5.74, 6) is 0.912. The number of hydrogen-bond donors (Lipinski definition) is 0. The van der Waals surface area contributed by atoms with E-state index in [1.807, 2.05) is 0 Å². The molecule has 1 aliphatic rings. The summed E-state index contributed by atoms with van der Waals surface area (Å²) in [6.45, 7) is 2.20. The van der Waals surface area contributed by atoms with Crippen LogP contribution >= 0.6 is 0 Å². The molecule has 20 heavy (non-hydrogen) atoms. The number of carbonyl (C=O) groups is 2. The number of carbonyl (C=O) groups excluding carboxylic acids is 2. The van der Waals surface area contributed by atoms with Crippen LogP contribution in [0.2, 0.25) is 0 Å². The predicted octanol–water partition coefficient (Wildman–Crippen LogP) is 4.95. The third-order valence-electron chi connectivity index (χ3n) is 4.69. The zero-order valence-electron chi connectivity index (χ0n) is 13.2. The lowest BCUT2D eigenvalue weighted by Gasteiger charge is -2.19. The van der Waals surface area contributed by atoms with Crippen molar-refractivity contribution in [2.24, 2.45) is 17.8 Å². The van der Waals surface area contributed by atoms with Gasteiger partial charge in [-0.3, -0.25) is 0 Å². The summed E-state index contributed by atoms with van der Waals surface area (Å²) < 4.78 is 0. The highest BCUT2D eigenvalue weighted by molar-refractivity contribution is 5.54. The average Bonchev–Trinajstić information content (AvgIpc) is 2.46. The minimum absolute atomic E-state index is 0.211. The Bertz CT molecular complexity index is 236. The van der Waals surface area contributed by atoms with E-state index in [4.69, 9.17) is 0 Å². The van der Waals surface area contributed by atoms with Crippen LogP contribution in [-0.2, 0) is 9.59 Å². The maximum absolute atomic E-state index is 11.2. The minimum Gasteiger partial charge on any atom is -0.303 e. The molecule has 0 spiro atoms. The van der Waals surface area contributed by atoms with Gasteiger partial charge in [0, 0.05) is 11.8 Å². The fourth-order valence-corrected chi connectivity index (χ4v) is 3.49. The molecule has 0 aliphatic heterocycles. The Morgan fingerprint density at radius 1 is 0.650 bits per heavy atom. The first-order valence-corrected chi connectivity index (χ1v) is 8.66. The standard InChI is InChI=1S/C18H32O2/c1-16-12-17(14-19)10-8-6-4-2-3-5-7-9-11-18(13-16)15-20/h14-18H,2-13H2,1H3. The Morgan fingerprint density at radius 2 is 1.00 bits per heavy atom. The second-order valence-corrected chi connectivity index (χ2v) is 6.77. The van der Waals surface area contributed by atoms with Gasteiger partial charge in [-0.15, -0.1) is 0 Å². The van der Waals surface area contributed by atoms with Gasteiger partial charge in [-0.25, -0.2) is 0 Å². The van der Waals surface area contributed by atoms with Crippen molar-refractivity contribution in [2.45, 2.75) is 84.0 Å². The highest BCUT2D eigenvalue weighted by Crippen LogP contribution is 2.25. The zero-order valence-corrected chi connectivity index (χ0v) is 13.2. The van der Waals surface area contributed by atoms with Gasteiger partial charge in [-0.05, 0) is 31.6 Å². The highest BCUT2D eigenvalue weighted by atomic mass is 16.1. The highest BCUT2D eigenvalue weighted by Gasteiger charge is 2.17. The first-order chi connectivity index (χ1) is 9.76. The van der Waals surface area contributed by atoms with Crippen LogP contribution in [0.1, 0.15) is 84.0 Å². The van der Waals surface area contributed by atoms with Crippen molar-refractivity contribution in [3.8, 4) is 0 Å². The molecule has 1 saturated carbocycles. The second kappa shape index (κ2) is 11.0. The van der Waals surface area contributed by atoms with Crippen LogP contribution in [0.4, 0.5) is 0 Å². The van der Waals surface area contributed by atoms with Crippen LogP contribution in [-0.4, -0.2) is 12.6 Å². The molecule has 0 heterocycles. The van der Waals surface area contributed by atoms with Crippen LogP contribution in [0.25, 0.3) is 0 Å². The fraction of sp³-hybridized carbons (Fsp3) is 0.889.